The summed E-state index contributed by atoms with van der Waals surface area (Å²) in [6, 6.07) is 7.87. The van der Waals surface area contributed by atoms with Gasteiger partial charge < -0.3 is 9.88 Å². The molecule has 1 saturated heterocycles. The van der Waals surface area contributed by atoms with Gasteiger partial charge in [-0.15, -0.1) is 0 Å². The average molecular weight is 390 g/mol. The molecule has 3 aromatic rings. The van der Waals surface area contributed by atoms with Crippen LogP contribution in [-0.2, 0) is 11.3 Å². The Kier molecular flexibility index (Phi) is 5.67. The number of anilines is 1. The highest BCUT2D eigenvalue weighted by molar-refractivity contribution is 5.92. The van der Waals surface area contributed by atoms with Gasteiger partial charge in [-0.05, 0) is 57.5 Å². The third kappa shape index (κ3) is 4.68. The Morgan fingerprint density at radius 1 is 1.14 bits per heavy atom. The molecule has 4 rings (SSSR count). The van der Waals surface area contributed by atoms with Gasteiger partial charge >= 0.3 is 0 Å². The van der Waals surface area contributed by atoms with Crippen molar-refractivity contribution in [2.24, 2.45) is 5.92 Å². The van der Waals surface area contributed by atoms with E-state index in [4.69, 9.17) is 0 Å². The van der Waals surface area contributed by atoms with Gasteiger partial charge in [0.2, 0.25) is 5.91 Å². The van der Waals surface area contributed by atoms with Gasteiger partial charge in [0, 0.05) is 54.8 Å². The summed E-state index contributed by atoms with van der Waals surface area (Å²) in [6.45, 7) is 6.38. The van der Waals surface area contributed by atoms with E-state index in [1.807, 2.05) is 61.3 Å². The zero-order valence-corrected chi connectivity index (χ0v) is 16.9. The smallest absolute Gasteiger partial charge is 0.228 e. The van der Waals surface area contributed by atoms with Crippen LogP contribution in [0.1, 0.15) is 30.1 Å². The van der Waals surface area contributed by atoms with Crippen molar-refractivity contribution < 1.29 is 4.79 Å². The highest BCUT2D eigenvalue weighted by Crippen LogP contribution is 2.21. The van der Waals surface area contributed by atoms with Crippen molar-refractivity contribution in [2.75, 3.05) is 18.4 Å². The molecular formula is C22H26N6O. The van der Waals surface area contributed by atoms with Crippen LogP contribution >= 0.6 is 0 Å². The molecule has 0 bridgehead atoms. The normalized spacial score (nSPS) is 17.2. The molecule has 1 aliphatic heterocycles. The number of carbonyl (C=O) groups is 1. The Morgan fingerprint density at radius 3 is 2.59 bits per heavy atom. The summed E-state index contributed by atoms with van der Waals surface area (Å²) in [5, 5.41) is 3.08. The summed E-state index contributed by atoms with van der Waals surface area (Å²) in [6.07, 6.45) is 9.38. The van der Waals surface area contributed by atoms with Crippen LogP contribution in [0.2, 0.25) is 0 Å². The largest absolute Gasteiger partial charge is 0.326 e. The fourth-order valence-corrected chi connectivity index (χ4v) is 3.77. The molecule has 0 spiro atoms. The van der Waals surface area contributed by atoms with Crippen LogP contribution in [0.25, 0.3) is 5.69 Å². The first-order chi connectivity index (χ1) is 14.1. The molecule has 29 heavy (non-hydrogen) atoms. The van der Waals surface area contributed by atoms with Crippen molar-refractivity contribution >= 4 is 11.6 Å². The first-order valence-electron chi connectivity index (χ1n) is 9.99. The molecule has 7 nitrogen and oxygen atoms in total. The molecule has 2 aromatic heterocycles. The first kappa shape index (κ1) is 19.3. The van der Waals surface area contributed by atoms with Crippen LogP contribution in [0, 0.1) is 19.8 Å². The number of likely N-dealkylation sites (tertiary alicyclic amines) is 1. The number of hydrogen-bond donors (Lipinski definition) is 1. The maximum atomic E-state index is 12.8. The van der Waals surface area contributed by atoms with Gasteiger partial charge in [0.05, 0.1) is 5.92 Å². The third-order valence-electron chi connectivity index (χ3n) is 5.36. The van der Waals surface area contributed by atoms with E-state index in [-0.39, 0.29) is 11.8 Å². The second-order valence-corrected chi connectivity index (χ2v) is 7.59. The van der Waals surface area contributed by atoms with Crippen LogP contribution in [0.5, 0.6) is 0 Å². The number of carbonyl (C=O) groups excluding carboxylic acids is 1. The minimum Gasteiger partial charge on any atom is -0.326 e. The number of imidazole rings is 1. The number of piperidine rings is 1. The lowest BCUT2D eigenvalue weighted by molar-refractivity contribution is -0.121. The Bertz CT molecular complexity index is 964. The average Bonchev–Trinajstić information content (AvgIpc) is 3.16. The number of amides is 1. The van der Waals surface area contributed by atoms with E-state index in [1.54, 1.807) is 6.20 Å². The fraction of sp³-hybridized carbons (Fsp3) is 0.364. The monoisotopic (exact) mass is 390 g/mol. The fourth-order valence-electron chi connectivity index (χ4n) is 3.77. The van der Waals surface area contributed by atoms with Crippen LogP contribution < -0.4 is 5.32 Å². The van der Waals surface area contributed by atoms with Gasteiger partial charge in [0.1, 0.15) is 11.6 Å². The molecule has 1 atom stereocenters. The molecular weight excluding hydrogens is 364 g/mol. The van der Waals surface area contributed by atoms with Crippen LogP contribution in [0.15, 0.2) is 49.1 Å². The van der Waals surface area contributed by atoms with Crippen molar-refractivity contribution in [3.63, 3.8) is 0 Å². The Morgan fingerprint density at radius 2 is 1.90 bits per heavy atom. The minimum absolute atomic E-state index is 0.00862. The molecule has 0 unspecified atom stereocenters. The summed E-state index contributed by atoms with van der Waals surface area (Å²) in [7, 11) is 0. The van der Waals surface area contributed by atoms with E-state index in [9.17, 15) is 4.79 Å². The number of rotatable bonds is 5. The second-order valence-electron chi connectivity index (χ2n) is 7.59. The standard InChI is InChI=1S/C22H26N6O/c1-16-24-12-18(13-25-16)14-27-10-3-4-19(15-27)22(29)26-20-5-7-21(8-6-20)28-11-9-23-17(28)2/h5-9,11-13,19H,3-4,10,14-15H2,1-2H3,(H,26,29)/t19-/m1/s1. The van der Waals surface area contributed by atoms with E-state index in [2.05, 4.69) is 25.2 Å². The van der Waals surface area contributed by atoms with Crippen molar-refractivity contribution in [3.05, 3.63) is 66.3 Å². The molecule has 1 fully saturated rings. The number of aryl methyl sites for hydroxylation is 2. The van der Waals surface area contributed by atoms with Gasteiger partial charge in [-0.25, -0.2) is 15.0 Å². The zero-order chi connectivity index (χ0) is 20.2. The van der Waals surface area contributed by atoms with Crippen LogP contribution in [0.4, 0.5) is 5.69 Å². The molecule has 7 heteroatoms. The molecule has 0 saturated carbocycles. The number of hydrogen-bond acceptors (Lipinski definition) is 5. The van der Waals surface area contributed by atoms with Gasteiger partial charge in [0.25, 0.3) is 0 Å². The topological polar surface area (TPSA) is 75.9 Å². The van der Waals surface area contributed by atoms with Gasteiger partial charge in [-0.3, -0.25) is 9.69 Å². The van der Waals surface area contributed by atoms with Crippen molar-refractivity contribution in [1.82, 2.24) is 24.4 Å². The Labute approximate surface area is 170 Å². The molecule has 1 N–H and O–H groups in total. The summed E-state index contributed by atoms with van der Waals surface area (Å²) in [5.41, 5.74) is 2.93. The lowest BCUT2D eigenvalue weighted by atomic mass is 9.96. The SMILES string of the molecule is Cc1ncc(CN2CCC[C@@H](C(=O)Nc3ccc(-n4ccnc4C)cc3)C2)cn1. The van der Waals surface area contributed by atoms with E-state index in [0.29, 0.717) is 0 Å². The number of benzene rings is 1. The molecule has 3 heterocycles. The second kappa shape index (κ2) is 8.53. The van der Waals surface area contributed by atoms with Crippen LogP contribution in [0.3, 0.4) is 0 Å². The molecule has 0 radical (unpaired) electrons. The number of nitrogens with zero attached hydrogens (tertiary/aromatic N) is 5. The maximum absolute atomic E-state index is 12.8. The van der Waals surface area contributed by atoms with Crippen molar-refractivity contribution in [3.8, 4) is 5.69 Å². The third-order valence-corrected chi connectivity index (χ3v) is 5.36. The predicted octanol–water partition coefficient (Wildman–Crippen LogP) is 3.13. The molecule has 1 aliphatic rings. The molecule has 0 aliphatic carbocycles. The van der Waals surface area contributed by atoms with Crippen LogP contribution in [-0.4, -0.2) is 43.4 Å². The van der Waals surface area contributed by atoms with Gasteiger partial charge in [-0.1, -0.05) is 0 Å². The number of nitrogens with one attached hydrogen (secondary N) is 1. The summed E-state index contributed by atoms with van der Waals surface area (Å²) in [5.74, 6) is 1.79. The first-order valence-corrected chi connectivity index (χ1v) is 9.99. The Hall–Kier alpha value is -3.06. The molecule has 1 aromatic carbocycles. The summed E-state index contributed by atoms with van der Waals surface area (Å²) in [4.78, 5) is 27.9. The minimum atomic E-state index is -0.00862. The lowest BCUT2D eigenvalue weighted by Crippen LogP contribution is -2.40. The summed E-state index contributed by atoms with van der Waals surface area (Å²) >= 11 is 0. The quantitative estimate of drug-likeness (QED) is 0.724. The maximum Gasteiger partial charge on any atom is 0.228 e. The molecule has 150 valence electrons. The number of aromatic nitrogens is 4. The van der Waals surface area contributed by atoms with E-state index < -0.39 is 0 Å². The highest BCUT2D eigenvalue weighted by atomic mass is 16.1. The zero-order valence-electron chi connectivity index (χ0n) is 16.9. The molecule has 1 amide bonds. The van der Waals surface area contributed by atoms with E-state index >= 15 is 0 Å². The van der Waals surface area contributed by atoms with Crippen molar-refractivity contribution in [1.29, 1.82) is 0 Å². The van der Waals surface area contributed by atoms with E-state index in [0.717, 1.165) is 61.1 Å². The van der Waals surface area contributed by atoms with Gasteiger partial charge in [-0.2, -0.15) is 0 Å². The van der Waals surface area contributed by atoms with Crippen molar-refractivity contribution in [2.45, 2.75) is 33.2 Å². The summed E-state index contributed by atoms with van der Waals surface area (Å²) < 4.78 is 2.01. The Balaban J connectivity index is 1.35. The van der Waals surface area contributed by atoms with E-state index in [1.165, 1.54) is 0 Å². The predicted molar refractivity (Wildman–Crippen MR) is 112 cm³/mol. The highest BCUT2D eigenvalue weighted by Gasteiger charge is 2.26. The lowest BCUT2D eigenvalue weighted by Gasteiger charge is -2.31. The van der Waals surface area contributed by atoms with Gasteiger partial charge in [0.15, 0.2) is 0 Å².